The second kappa shape index (κ2) is 5.95. The molecular weight excluding hydrogens is 246 g/mol. The zero-order chi connectivity index (χ0) is 14.7. The lowest BCUT2D eigenvalue weighted by atomic mass is 9.99. The van der Waals surface area contributed by atoms with Gasteiger partial charge in [-0.25, -0.2) is 4.98 Å². The topological polar surface area (TPSA) is 50.9 Å². The minimum Gasteiger partial charge on any atom is -0.397 e. The number of benzene rings is 1. The van der Waals surface area contributed by atoms with Crippen LogP contribution in [-0.2, 0) is 6.42 Å². The van der Waals surface area contributed by atoms with Gasteiger partial charge in [0.05, 0.1) is 11.9 Å². The molecule has 0 aliphatic heterocycles. The van der Waals surface area contributed by atoms with E-state index in [-0.39, 0.29) is 0 Å². The molecule has 0 bridgehead atoms. The highest BCUT2D eigenvalue weighted by Gasteiger charge is 2.03. The molecule has 0 saturated carbocycles. The van der Waals surface area contributed by atoms with Crippen LogP contribution in [0.5, 0.6) is 0 Å². The predicted octanol–water partition coefficient (Wildman–Crippen LogP) is 3.55. The van der Waals surface area contributed by atoms with E-state index in [0.29, 0.717) is 5.69 Å². The molecule has 1 aromatic carbocycles. The lowest BCUT2D eigenvalue weighted by molar-refractivity contribution is 0.984. The van der Waals surface area contributed by atoms with Crippen molar-refractivity contribution in [3.63, 3.8) is 0 Å². The van der Waals surface area contributed by atoms with E-state index < -0.39 is 0 Å². The third kappa shape index (κ3) is 3.29. The summed E-state index contributed by atoms with van der Waals surface area (Å²) in [6.45, 7) is 9.39. The van der Waals surface area contributed by atoms with Crippen molar-refractivity contribution >= 4 is 11.5 Å². The van der Waals surface area contributed by atoms with Crippen molar-refractivity contribution in [1.29, 1.82) is 0 Å². The fourth-order valence-electron chi connectivity index (χ4n) is 2.39. The van der Waals surface area contributed by atoms with Gasteiger partial charge in [-0.05, 0) is 68.0 Å². The quantitative estimate of drug-likeness (QED) is 0.892. The molecule has 0 fully saturated rings. The van der Waals surface area contributed by atoms with Crippen molar-refractivity contribution in [2.75, 3.05) is 17.6 Å². The van der Waals surface area contributed by atoms with E-state index in [9.17, 15) is 0 Å². The number of hydrogen-bond acceptors (Lipinski definition) is 3. The summed E-state index contributed by atoms with van der Waals surface area (Å²) >= 11 is 0. The Kier molecular flexibility index (Phi) is 4.28. The van der Waals surface area contributed by atoms with Gasteiger partial charge in [0.2, 0.25) is 0 Å². The Balaban J connectivity index is 2.01. The number of aryl methyl sites for hydroxylation is 4. The van der Waals surface area contributed by atoms with Gasteiger partial charge in [0.15, 0.2) is 0 Å². The summed E-state index contributed by atoms with van der Waals surface area (Å²) in [5.41, 5.74) is 13.0. The van der Waals surface area contributed by atoms with Crippen LogP contribution in [0.1, 0.15) is 27.8 Å². The van der Waals surface area contributed by atoms with E-state index >= 15 is 0 Å². The minimum atomic E-state index is 0.707. The summed E-state index contributed by atoms with van der Waals surface area (Å²) < 4.78 is 0. The van der Waals surface area contributed by atoms with E-state index in [1.165, 1.54) is 22.3 Å². The van der Waals surface area contributed by atoms with Crippen molar-refractivity contribution in [2.24, 2.45) is 0 Å². The second-order valence-electron chi connectivity index (χ2n) is 5.47. The molecule has 0 aliphatic rings. The van der Waals surface area contributed by atoms with Crippen LogP contribution >= 0.6 is 0 Å². The fourth-order valence-corrected chi connectivity index (χ4v) is 2.39. The SMILES string of the molecule is Cc1cc(C)c(CCNc2ncc(N)cc2C)cc1C. The van der Waals surface area contributed by atoms with Crippen LogP contribution in [0.3, 0.4) is 0 Å². The molecule has 0 atom stereocenters. The summed E-state index contributed by atoms with van der Waals surface area (Å²) in [7, 11) is 0. The Morgan fingerprint density at radius 2 is 1.65 bits per heavy atom. The smallest absolute Gasteiger partial charge is 0.129 e. The van der Waals surface area contributed by atoms with Gasteiger partial charge in [-0.1, -0.05) is 12.1 Å². The molecule has 0 unspecified atom stereocenters. The van der Waals surface area contributed by atoms with Crippen LogP contribution in [0.4, 0.5) is 11.5 Å². The van der Waals surface area contributed by atoms with Gasteiger partial charge in [-0.2, -0.15) is 0 Å². The Hall–Kier alpha value is -2.03. The lowest BCUT2D eigenvalue weighted by Crippen LogP contribution is -2.09. The van der Waals surface area contributed by atoms with Crippen molar-refractivity contribution in [1.82, 2.24) is 4.98 Å². The molecule has 0 spiro atoms. The predicted molar refractivity (Wildman–Crippen MR) is 86.2 cm³/mol. The molecule has 0 aliphatic carbocycles. The van der Waals surface area contributed by atoms with E-state index in [2.05, 4.69) is 43.2 Å². The van der Waals surface area contributed by atoms with Crippen LogP contribution in [0.25, 0.3) is 0 Å². The van der Waals surface area contributed by atoms with Crippen LogP contribution in [-0.4, -0.2) is 11.5 Å². The Morgan fingerprint density at radius 1 is 0.950 bits per heavy atom. The van der Waals surface area contributed by atoms with Gasteiger partial charge in [0, 0.05) is 6.54 Å². The molecule has 1 aromatic heterocycles. The van der Waals surface area contributed by atoms with Crippen LogP contribution < -0.4 is 11.1 Å². The van der Waals surface area contributed by atoms with E-state index in [1.54, 1.807) is 6.20 Å². The summed E-state index contributed by atoms with van der Waals surface area (Å²) in [5, 5.41) is 3.38. The first-order chi connectivity index (χ1) is 9.47. The number of aromatic nitrogens is 1. The van der Waals surface area contributed by atoms with Crippen LogP contribution in [0.2, 0.25) is 0 Å². The molecule has 106 valence electrons. The maximum Gasteiger partial charge on any atom is 0.129 e. The van der Waals surface area contributed by atoms with Gasteiger partial charge < -0.3 is 11.1 Å². The molecule has 20 heavy (non-hydrogen) atoms. The molecule has 0 radical (unpaired) electrons. The first kappa shape index (κ1) is 14.4. The van der Waals surface area contributed by atoms with Crippen molar-refractivity contribution < 1.29 is 0 Å². The monoisotopic (exact) mass is 269 g/mol. The first-order valence-electron chi connectivity index (χ1n) is 7.00. The number of hydrogen-bond donors (Lipinski definition) is 2. The molecular formula is C17H23N3. The first-order valence-corrected chi connectivity index (χ1v) is 7.00. The molecule has 3 nitrogen and oxygen atoms in total. The van der Waals surface area contributed by atoms with E-state index in [1.807, 2.05) is 13.0 Å². The summed E-state index contributed by atoms with van der Waals surface area (Å²) in [4.78, 5) is 4.33. The Morgan fingerprint density at radius 3 is 2.35 bits per heavy atom. The lowest BCUT2D eigenvalue weighted by Gasteiger charge is -2.12. The third-order valence-corrected chi connectivity index (χ3v) is 3.74. The maximum atomic E-state index is 5.71. The van der Waals surface area contributed by atoms with Gasteiger partial charge in [0.1, 0.15) is 5.82 Å². The number of nitrogens with zero attached hydrogens (tertiary/aromatic N) is 1. The van der Waals surface area contributed by atoms with Gasteiger partial charge in [-0.15, -0.1) is 0 Å². The fraction of sp³-hybridized carbons (Fsp3) is 0.353. The number of rotatable bonds is 4. The minimum absolute atomic E-state index is 0.707. The normalized spacial score (nSPS) is 10.6. The molecule has 0 saturated heterocycles. The largest absolute Gasteiger partial charge is 0.397 e. The zero-order valence-electron chi connectivity index (χ0n) is 12.7. The third-order valence-electron chi connectivity index (χ3n) is 3.74. The number of nitrogen functional groups attached to an aromatic ring is 1. The number of nitrogens with one attached hydrogen (secondary N) is 1. The maximum absolute atomic E-state index is 5.71. The van der Waals surface area contributed by atoms with Gasteiger partial charge >= 0.3 is 0 Å². The second-order valence-corrected chi connectivity index (χ2v) is 5.47. The van der Waals surface area contributed by atoms with E-state index in [0.717, 1.165) is 24.3 Å². The number of nitrogens with two attached hydrogens (primary N) is 1. The van der Waals surface area contributed by atoms with Crippen LogP contribution in [0, 0.1) is 27.7 Å². The van der Waals surface area contributed by atoms with Crippen molar-refractivity contribution in [3.8, 4) is 0 Å². The number of pyridine rings is 1. The molecule has 1 heterocycles. The van der Waals surface area contributed by atoms with Gasteiger partial charge in [-0.3, -0.25) is 0 Å². The van der Waals surface area contributed by atoms with Gasteiger partial charge in [0.25, 0.3) is 0 Å². The standard InChI is InChI=1S/C17H23N3/c1-11-7-13(3)15(8-12(11)2)5-6-19-17-14(4)9-16(18)10-20-17/h7-10H,5-6,18H2,1-4H3,(H,19,20). The summed E-state index contributed by atoms with van der Waals surface area (Å²) in [6, 6.07) is 6.49. The molecule has 2 aromatic rings. The summed E-state index contributed by atoms with van der Waals surface area (Å²) in [6.07, 6.45) is 2.69. The molecule has 2 rings (SSSR count). The Labute approximate surface area is 121 Å². The molecule has 0 amide bonds. The molecule has 3 N–H and O–H groups in total. The zero-order valence-corrected chi connectivity index (χ0v) is 12.7. The van der Waals surface area contributed by atoms with E-state index in [4.69, 9.17) is 5.73 Å². The molecule has 3 heteroatoms. The highest BCUT2D eigenvalue weighted by molar-refractivity contribution is 5.50. The van der Waals surface area contributed by atoms with Crippen molar-refractivity contribution in [2.45, 2.75) is 34.1 Å². The average molecular weight is 269 g/mol. The Bertz CT molecular complexity index is 618. The number of anilines is 2. The van der Waals surface area contributed by atoms with Crippen LogP contribution in [0.15, 0.2) is 24.4 Å². The average Bonchev–Trinajstić information content (AvgIpc) is 2.38. The summed E-state index contributed by atoms with van der Waals surface area (Å²) in [5.74, 6) is 0.917. The highest BCUT2D eigenvalue weighted by Crippen LogP contribution is 2.17. The van der Waals surface area contributed by atoms with Crippen molar-refractivity contribution in [3.05, 3.63) is 52.2 Å². The highest BCUT2D eigenvalue weighted by atomic mass is 15.0.